The van der Waals surface area contributed by atoms with E-state index in [4.69, 9.17) is 0 Å². The molecular formula is C26H26N2O4S. The van der Waals surface area contributed by atoms with Gasteiger partial charge in [0, 0.05) is 29.8 Å². The first-order valence-electron chi connectivity index (χ1n) is 11.0. The van der Waals surface area contributed by atoms with E-state index in [2.05, 4.69) is 5.32 Å². The Morgan fingerprint density at radius 3 is 2.12 bits per heavy atom. The Hall–Kier alpha value is -3.29. The molecule has 1 aliphatic rings. The third kappa shape index (κ3) is 4.10. The van der Waals surface area contributed by atoms with Crippen LogP contribution in [0.4, 0.5) is 0 Å². The van der Waals surface area contributed by atoms with Gasteiger partial charge in [0.1, 0.15) is 0 Å². The second kappa shape index (κ2) is 8.92. The third-order valence-electron chi connectivity index (χ3n) is 6.06. The zero-order valence-corrected chi connectivity index (χ0v) is 19.6. The summed E-state index contributed by atoms with van der Waals surface area (Å²) >= 11 is 0. The van der Waals surface area contributed by atoms with Crippen molar-refractivity contribution in [3.05, 3.63) is 89.0 Å². The SMILES string of the molecule is CCN(CC)S(=O)(=O)c1ccc(C(C)NC(=O)c2ccc3c(c2)C(=O)c2ccccc2-3)cc1. The van der Waals surface area contributed by atoms with Crippen molar-refractivity contribution in [1.29, 1.82) is 0 Å². The Balaban J connectivity index is 1.50. The molecule has 7 heteroatoms. The summed E-state index contributed by atoms with van der Waals surface area (Å²) in [5.74, 6) is -0.373. The zero-order chi connectivity index (χ0) is 23.8. The highest BCUT2D eigenvalue weighted by Crippen LogP contribution is 2.36. The highest BCUT2D eigenvalue weighted by molar-refractivity contribution is 7.89. The number of carbonyl (C=O) groups is 2. The van der Waals surface area contributed by atoms with Gasteiger partial charge in [0.15, 0.2) is 5.78 Å². The summed E-state index contributed by atoms with van der Waals surface area (Å²) in [6.07, 6.45) is 0. The molecule has 0 fully saturated rings. The van der Waals surface area contributed by atoms with Crippen LogP contribution in [0.15, 0.2) is 71.6 Å². The van der Waals surface area contributed by atoms with Gasteiger partial charge in [0.05, 0.1) is 10.9 Å². The molecule has 6 nitrogen and oxygen atoms in total. The van der Waals surface area contributed by atoms with Crippen LogP contribution in [-0.4, -0.2) is 37.5 Å². The van der Waals surface area contributed by atoms with E-state index in [9.17, 15) is 18.0 Å². The topological polar surface area (TPSA) is 83.6 Å². The maximum Gasteiger partial charge on any atom is 0.251 e. The maximum atomic E-state index is 12.9. The van der Waals surface area contributed by atoms with Crippen LogP contribution >= 0.6 is 0 Å². The number of sulfonamides is 1. The van der Waals surface area contributed by atoms with E-state index in [0.29, 0.717) is 29.8 Å². The number of fused-ring (bicyclic) bond motifs is 3. The minimum atomic E-state index is -3.53. The van der Waals surface area contributed by atoms with Crippen molar-refractivity contribution in [3.8, 4) is 11.1 Å². The largest absolute Gasteiger partial charge is 0.346 e. The van der Waals surface area contributed by atoms with Gasteiger partial charge in [-0.15, -0.1) is 0 Å². The number of rotatable bonds is 7. The van der Waals surface area contributed by atoms with Crippen molar-refractivity contribution >= 4 is 21.7 Å². The molecule has 1 N–H and O–H groups in total. The minimum Gasteiger partial charge on any atom is -0.346 e. The van der Waals surface area contributed by atoms with Gasteiger partial charge in [-0.2, -0.15) is 4.31 Å². The smallest absolute Gasteiger partial charge is 0.251 e. The van der Waals surface area contributed by atoms with Crippen molar-refractivity contribution in [2.24, 2.45) is 0 Å². The van der Waals surface area contributed by atoms with Crippen LogP contribution in [0.1, 0.15) is 58.7 Å². The van der Waals surface area contributed by atoms with Crippen molar-refractivity contribution in [1.82, 2.24) is 9.62 Å². The van der Waals surface area contributed by atoms with E-state index in [1.165, 1.54) is 4.31 Å². The normalized spacial score (nSPS) is 13.5. The summed E-state index contributed by atoms with van der Waals surface area (Å²) in [6, 6.07) is 18.8. The van der Waals surface area contributed by atoms with Crippen LogP contribution in [0.3, 0.4) is 0 Å². The van der Waals surface area contributed by atoms with Gasteiger partial charge >= 0.3 is 0 Å². The number of nitrogens with zero attached hydrogens (tertiary/aromatic N) is 1. The van der Waals surface area contributed by atoms with Gasteiger partial charge < -0.3 is 5.32 Å². The standard InChI is InChI=1S/C26H26N2O4S/c1-4-28(5-2)33(31,32)20-13-10-18(11-14-20)17(3)27-26(30)19-12-15-22-21-8-6-7-9-23(21)25(29)24(22)16-19/h6-17H,4-5H2,1-3H3,(H,27,30). The molecule has 1 unspecified atom stereocenters. The fourth-order valence-corrected chi connectivity index (χ4v) is 5.63. The molecule has 33 heavy (non-hydrogen) atoms. The third-order valence-corrected chi connectivity index (χ3v) is 8.12. The van der Waals surface area contributed by atoms with Gasteiger partial charge in [0.2, 0.25) is 10.0 Å². The zero-order valence-electron chi connectivity index (χ0n) is 18.8. The summed E-state index contributed by atoms with van der Waals surface area (Å²) in [5, 5.41) is 2.93. The molecule has 0 saturated carbocycles. The Kier molecular flexibility index (Phi) is 6.19. The molecule has 0 aliphatic heterocycles. The molecule has 1 atom stereocenters. The number of ketones is 1. The quantitative estimate of drug-likeness (QED) is 0.441. The van der Waals surface area contributed by atoms with E-state index in [0.717, 1.165) is 16.7 Å². The highest BCUT2D eigenvalue weighted by atomic mass is 32.2. The van der Waals surface area contributed by atoms with E-state index >= 15 is 0 Å². The molecule has 0 heterocycles. The van der Waals surface area contributed by atoms with Gasteiger partial charge in [0.25, 0.3) is 5.91 Å². The summed E-state index contributed by atoms with van der Waals surface area (Å²) in [5.41, 5.74) is 4.09. The first-order valence-corrected chi connectivity index (χ1v) is 12.4. The van der Waals surface area contributed by atoms with E-state index in [1.807, 2.05) is 31.2 Å². The molecule has 0 radical (unpaired) electrons. The number of hydrogen-bond donors (Lipinski definition) is 1. The Labute approximate surface area is 194 Å². The molecule has 0 aromatic heterocycles. The molecule has 3 aromatic carbocycles. The van der Waals surface area contributed by atoms with Crippen LogP contribution in [0.25, 0.3) is 11.1 Å². The molecule has 4 rings (SSSR count). The average Bonchev–Trinajstić information content (AvgIpc) is 3.11. The predicted octanol–water partition coefficient (Wildman–Crippen LogP) is 4.42. The highest BCUT2D eigenvalue weighted by Gasteiger charge is 2.27. The lowest BCUT2D eigenvalue weighted by atomic mass is 10.0. The first-order chi connectivity index (χ1) is 15.8. The lowest BCUT2D eigenvalue weighted by molar-refractivity contribution is 0.0940. The summed E-state index contributed by atoms with van der Waals surface area (Å²) in [7, 11) is -3.53. The lowest BCUT2D eigenvalue weighted by Gasteiger charge is -2.19. The number of hydrogen-bond acceptors (Lipinski definition) is 4. The lowest BCUT2D eigenvalue weighted by Crippen LogP contribution is -2.30. The molecule has 0 bridgehead atoms. The van der Waals surface area contributed by atoms with E-state index < -0.39 is 10.0 Å². The van der Waals surface area contributed by atoms with Gasteiger partial charge in [-0.1, -0.05) is 56.3 Å². The fourth-order valence-electron chi connectivity index (χ4n) is 4.17. The summed E-state index contributed by atoms with van der Waals surface area (Å²) in [4.78, 5) is 25.8. The molecule has 0 saturated heterocycles. The first kappa shape index (κ1) is 22.9. The summed E-state index contributed by atoms with van der Waals surface area (Å²) < 4.78 is 26.7. The second-order valence-corrected chi connectivity index (χ2v) is 9.93. The fraction of sp³-hybridized carbons (Fsp3) is 0.231. The number of carbonyl (C=O) groups excluding carboxylic acids is 2. The molecule has 1 aliphatic carbocycles. The predicted molar refractivity (Wildman–Crippen MR) is 128 cm³/mol. The molecule has 170 valence electrons. The Bertz CT molecular complexity index is 1330. The number of amides is 1. The van der Waals surface area contributed by atoms with Crippen molar-refractivity contribution < 1.29 is 18.0 Å². The van der Waals surface area contributed by atoms with Gasteiger partial charge in [-0.25, -0.2) is 8.42 Å². The Morgan fingerprint density at radius 2 is 1.48 bits per heavy atom. The van der Waals surface area contributed by atoms with Crippen LogP contribution in [-0.2, 0) is 10.0 Å². The van der Waals surface area contributed by atoms with Crippen LogP contribution in [0.2, 0.25) is 0 Å². The maximum absolute atomic E-state index is 12.9. The Morgan fingerprint density at radius 1 is 0.879 bits per heavy atom. The van der Waals surface area contributed by atoms with Crippen LogP contribution in [0, 0.1) is 0 Å². The van der Waals surface area contributed by atoms with Crippen molar-refractivity contribution in [3.63, 3.8) is 0 Å². The monoisotopic (exact) mass is 462 g/mol. The molecule has 1 amide bonds. The molecular weight excluding hydrogens is 436 g/mol. The minimum absolute atomic E-state index is 0.0756. The average molecular weight is 463 g/mol. The van der Waals surface area contributed by atoms with Gasteiger partial charge in [-0.05, 0) is 47.9 Å². The molecule has 0 spiro atoms. The van der Waals surface area contributed by atoms with Crippen LogP contribution in [0.5, 0.6) is 0 Å². The summed E-state index contributed by atoms with van der Waals surface area (Å²) in [6.45, 7) is 6.25. The van der Waals surface area contributed by atoms with E-state index in [-0.39, 0.29) is 22.6 Å². The van der Waals surface area contributed by atoms with Crippen molar-refractivity contribution in [2.75, 3.05) is 13.1 Å². The molecule has 3 aromatic rings. The van der Waals surface area contributed by atoms with Crippen molar-refractivity contribution in [2.45, 2.75) is 31.7 Å². The van der Waals surface area contributed by atoms with Crippen LogP contribution < -0.4 is 5.32 Å². The van der Waals surface area contributed by atoms with Gasteiger partial charge in [-0.3, -0.25) is 9.59 Å². The number of nitrogens with one attached hydrogen (secondary N) is 1. The number of benzene rings is 3. The second-order valence-electron chi connectivity index (χ2n) is 7.99. The van der Waals surface area contributed by atoms with E-state index in [1.54, 1.807) is 56.3 Å².